The number of anilines is 6. The number of carbonyl (C=O) groups is 2. The monoisotopic (exact) mass is 692 g/mol. The fraction of sp³-hybridized carbons (Fsp3) is 0.300. The van der Waals surface area contributed by atoms with Gasteiger partial charge in [-0.25, -0.2) is 0 Å². The largest absolute Gasteiger partial charge is 0.461 e. The Bertz CT molecular complexity index is 1860. The van der Waals surface area contributed by atoms with E-state index in [1.807, 2.05) is 130 Å². The summed E-state index contributed by atoms with van der Waals surface area (Å²) in [4.78, 5) is 28.6. The van der Waals surface area contributed by atoms with Crippen LogP contribution in [0.1, 0.15) is 33.6 Å². The first-order chi connectivity index (χ1) is 24.5. The Balaban J connectivity index is 0.000000225. The van der Waals surface area contributed by atoms with Crippen LogP contribution in [-0.2, 0) is 14.3 Å². The second-order valence-corrected chi connectivity index (χ2v) is 12.6. The van der Waals surface area contributed by atoms with Gasteiger partial charge in [0, 0.05) is 88.3 Å². The minimum atomic E-state index is -0.658. The van der Waals surface area contributed by atoms with Gasteiger partial charge in [0.15, 0.2) is 0 Å². The Morgan fingerprint density at radius 2 is 1.18 bits per heavy atom. The van der Waals surface area contributed by atoms with Gasteiger partial charge in [-0.15, -0.1) is 0 Å². The van der Waals surface area contributed by atoms with Crippen molar-refractivity contribution in [1.82, 2.24) is 9.80 Å². The van der Waals surface area contributed by atoms with Gasteiger partial charge in [-0.3, -0.25) is 9.59 Å². The summed E-state index contributed by atoms with van der Waals surface area (Å²) in [5, 5.41) is 10.9. The van der Waals surface area contributed by atoms with Crippen molar-refractivity contribution in [2.75, 3.05) is 73.4 Å². The Labute approximate surface area is 300 Å². The van der Waals surface area contributed by atoms with E-state index in [1.54, 1.807) is 0 Å². The summed E-state index contributed by atoms with van der Waals surface area (Å²) >= 11 is 0. The number of ether oxygens (including phenoxy) is 1. The van der Waals surface area contributed by atoms with Gasteiger partial charge in [0.05, 0.1) is 6.42 Å². The Hall–Kier alpha value is -5.68. The number of amides is 1. The van der Waals surface area contributed by atoms with Crippen LogP contribution in [0.15, 0.2) is 97.1 Å². The second kappa shape index (κ2) is 17.8. The maximum Gasteiger partial charge on any atom is 0.306 e. The molecule has 270 valence electrons. The van der Waals surface area contributed by atoms with Crippen LogP contribution in [0.4, 0.5) is 34.1 Å². The van der Waals surface area contributed by atoms with E-state index in [9.17, 15) is 9.59 Å². The number of benzene rings is 5. The van der Waals surface area contributed by atoms with Crippen molar-refractivity contribution < 1.29 is 14.3 Å². The smallest absolute Gasteiger partial charge is 0.306 e. The molecule has 2 heterocycles. The zero-order valence-corrected chi connectivity index (χ0v) is 30.1. The summed E-state index contributed by atoms with van der Waals surface area (Å²) < 4.78 is 5.51. The predicted octanol–water partition coefficient (Wildman–Crippen LogP) is 6.37. The first kappa shape index (κ1) is 38.1. The average Bonchev–Trinajstić information content (AvgIpc) is 3.15. The van der Waals surface area contributed by atoms with E-state index in [4.69, 9.17) is 27.7 Å². The lowest BCUT2D eigenvalue weighted by Crippen LogP contribution is -2.49. The van der Waals surface area contributed by atoms with Gasteiger partial charge in [0.25, 0.3) is 0 Å². The number of esters is 1. The summed E-state index contributed by atoms with van der Waals surface area (Å²) in [5.41, 5.74) is 27.3. The summed E-state index contributed by atoms with van der Waals surface area (Å²) in [5.74, 6) is -0.359. The molecule has 0 bridgehead atoms. The standard InChI is InChI=1S/C22H29N5O3.C10H10N2.C6H7N.C2H6/c1-22(14-30-20(29)9-8-19(28)27-12-10-26(2)11-13-27)24-17-5-3-4-15-16(23)6-7-18(25-22)21(15)17;11-9-5-6-10(12)8-4-2-1-3-7(8)9;7-6-4-2-1-3-5-6;1-2/h3-7,24-25H,8-14,23H2,1-2H3;1-6H,11-12H2;1-5H,7H2;1-2H3. The van der Waals surface area contributed by atoms with E-state index in [1.165, 1.54) is 0 Å². The molecule has 0 aliphatic carbocycles. The maximum atomic E-state index is 12.3. The van der Waals surface area contributed by atoms with Crippen molar-refractivity contribution >= 4 is 67.5 Å². The van der Waals surface area contributed by atoms with Crippen LogP contribution in [0.2, 0.25) is 0 Å². The molecule has 1 atom stereocenters. The molecule has 2 aliphatic rings. The van der Waals surface area contributed by atoms with Crippen molar-refractivity contribution in [1.29, 1.82) is 0 Å². The van der Waals surface area contributed by atoms with Crippen LogP contribution >= 0.6 is 0 Å². The van der Waals surface area contributed by atoms with Crippen LogP contribution < -0.4 is 33.6 Å². The second-order valence-electron chi connectivity index (χ2n) is 12.6. The molecule has 2 aliphatic heterocycles. The molecule has 11 heteroatoms. The number of nitrogens with one attached hydrogen (secondary N) is 2. The molecule has 5 aromatic carbocycles. The topological polar surface area (TPSA) is 178 Å². The quantitative estimate of drug-likeness (QED) is 0.0896. The SMILES string of the molecule is CC.CN1CCN(C(=O)CCC(=O)OCC2(C)Nc3cccc4c(N)ccc(c34)N2)CC1.Nc1ccc(N)c2ccccc12.Nc1ccccc1. The number of carbonyl (C=O) groups excluding carboxylic acids is 2. The molecule has 51 heavy (non-hydrogen) atoms. The van der Waals surface area contributed by atoms with Gasteiger partial charge in [-0.05, 0) is 56.4 Å². The van der Waals surface area contributed by atoms with Gasteiger partial charge < -0.3 is 48.1 Å². The highest BCUT2D eigenvalue weighted by molar-refractivity contribution is 6.10. The minimum Gasteiger partial charge on any atom is -0.461 e. The van der Waals surface area contributed by atoms with Crippen molar-refractivity contribution in [3.63, 3.8) is 0 Å². The minimum absolute atomic E-state index is 0.0124. The molecule has 1 amide bonds. The molecule has 0 radical (unpaired) electrons. The number of hydrogen-bond donors (Lipinski definition) is 6. The van der Waals surface area contributed by atoms with Crippen LogP contribution in [0, 0.1) is 0 Å². The van der Waals surface area contributed by atoms with Gasteiger partial charge in [-0.2, -0.15) is 0 Å². The summed E-state index contributed by atoms with van der Waals surface area (Å²) in [6.45, 7) is 9.23. The lowest BCUT2D eigenvalue weighted by atomic mass is 9.99. The zero-order chi connectivity index (χ0) is 37.0. The molecule has 11 nitrogen and oxygen atoms in total. The normalized spacial score (nSPS) is 16.1. The Kier molecular flexibility index (Phi) is 13.3. The van der Waals surface area contributed by atoms with Gasteiger partial charge in [0.1, 0.15) is 12.3 Å². The highest BCUT2D eigenvalue weighted by Crippen LogP contribution is 2.40. The molecule has 10 N–H and O–H groups in total. The molecular formula is C40H52N8O3. The number of likely N-dealkylation sites (N-methyl/N-ethyl adjacent to an activating group) is 1. The number of rotatable bonds is 5. The number of nitrogens with zero attached hydrogens (tertiary/aromatic N) is 2. The van der Waals surface area contributed by atoms with E-state index in [0.717, 1.165) is 68.8 Å². The van der Waals surface area contributed by atoms with Gasteiger partial charge >= 0.3 is 5.97 Å². The molecule has 0 saturated carbocycles. The van der Waals surface area contributed by atoms with Crippen LogP contribution in [0.3, 0.4) is 0 Å². The fourth-order valence-corrected chi connectivity index (χ4v) is 5.85. The van der Waals surface area contributed by atoms with Crippen LogP contribution in [0.5, 0.6) is 0 Å². The van der Waals surface area contributed by atoms with Crippen molar-refractivity contribution in [2.45, 2.75) is 39.3 Å². The summed E-state index contributed by atoms with van der Waals surface area (Å²) in [6, 6.07) is 30.7. The van der Waals surface area contributed by atoms with E-state index in [-0.39, 0.29) is 31.3 Å². The third kappa shape index (κ3) is 10.2. The van der Waals surface area contributed by atoms with E-state index < -0.39 is 5.66 Å². The predicted molar refractivity (Wildman–Crippen MR) is 213 cm³/mol. The van der Waals surface area contributed by atoms with Crippen molar-refractivity contribution in [2.24, 2.45) is 0 Å². The maximum absolute atomic E-state index is 12.3. The van der Waals surface area contributed by atoms with E-state index >= 15 is 0 Å². The fourth-order valence-electron chi connectivity index (χ4n) is 5.85. The summed E-state index contributed by atoms with van der Waals surface area (Å²) in [7, 11) is 2.04. The number of piperazine rings is 1. The van der Waals surface area contributed by atoms with Crippen molar-refractivity contribution in [3.05, 3.63) is 97.1 Å². The summed E-state index contributed by atoms with van der Waals surface area (Å²) in [6.07, 6.45) is 0.269. The average molecular weight is 693 g/mol. The van der Waals surface area contributed by atoms with Gasteiger partial charge in [0.2, 0.25) is 5.91 Å². The van der Waals surface area contributed by atoms with Crippen LogP contribution in [-0.4, -0.2) is 67.2 Å². The molecule has 5 aromatic rings. The third-order valence-corrected chi connectivity index (χ3v) is 8.61. The zero-order valence-electron chi connectivity index (χ0n) is 30.1. The third-order valence-electron chi connectivity index (χ3n) is 8.61. The molecular weight excluding hydrogens is 640 g/mol. The first-order valence-electron chi connectivity index (χ1n) is 17.4. The van der Waals surface area contributed by atoms with E-state index in [0.29, 0.717) is 13.1 Å². The van der Waals surface area contributed by atoms with Gasteiger partial charge in [-0.1, -0.05) is 68.4 Å². The molecule has 0 spiro atoms. The number of fused-ring (bicyclic) bond motifs is 1. The number of hydrogen-bond acceptors (Lipinski definition) is 10. The molecule has 1 unspecified atom stereocenters. The highest BCUT2D eigenvalue weighted by Gasteiger charge is 2.32. The first-order valence-corrected chi connectivity index (χ1v) is 17.4. The molecule has 1 fully saturated rings. The van der Waals surface area contributed by atoms with Crippen molar-refractivity contribution in [3.8, 4) is 0 Å². The lowest BCUT2D eigenvalue weighted by molar-refractivity contribution is -0.147. The Morgan fingerprint density at radius 3 is 1.75 bits per heavy atom. The van der Waals surface area contributed by atoms with Crippen LogP contribution in [0.25, 0.3) is 21.5 Å². The molecule has 7 rings (SSSR count). The molecule has 1 saturated heterocycles. The van der Waals surface area contributed by atoms with E-state index in [2.05, 4.69) is 15.5 Å². The Morgan fingerprint density at radius 1 is 0.667 bits per heavy atom. The number of para-hydroxylation sites is 1. The number of nitrogens with two attached hydrogens (primary N) is 4. The lowest BCUT2D eigenvalue weighted by Gasteiger charge is -2.38. The molecule has 0 aromatic heterocycles. The highest BCUT2D eigenvalue weighted by atomic mass is 16.5. The number of nitrogen functional groups attached to an aromatic ring is 4.